The quantitative estimate of drug-likeness (QED) is 0.738. The highest BCUT2D eigenvalue weighted by molar-refractivity contribution is 5.90. The SMILES string of the molecule is Cc1c(C#CCC(=O)O)cccc1C(=O)O. The number of aromatic carboxylic acids is 1. The second-order valence-corrected chi connectivity index (χ2v) is 3.16. The maximum atomic E-state index is 10.8. The van der Waals surface area contributed by atoms with Crippen LogP contribution in [0, 0.1) is 18.8 Å². The first-order chi connectivity index (χ1) is 7.52. The van der Waals surface area contributed by atoms with Crippen molar-refractivity contribution in [2.24, 2.45) is 0 Å². The number of rotatable bonds is 2. The molecule has 82 valence electrons. The van der Waals surface area contributed by atoms with Crippen LogP contribution in [0.5, 0.6) is 0 Å². The van der Waals surface area contributed by atoms with Crippen LogP contribution in [0.25, 0.3) is 0 Å². The van der Waals surface area contributed by atoms with Gasteiger partial charge in [0.1, 0.15) is 6.42 Å². The molecule has 16 heavy (non-hydrogen) atoms. The van der Waals surface area contributed by atoms with E-state index in [1.54, 1.807) is 19.1 Å². The molecule has 1 aromatic rings. The highest BCUT2D eigenvalue weighted by Gasteiger charge is 2.08. The van der Waals surface area contributed by atoms with Gasteiger partial charge in [-0.1, -0.05) is 17.9 Å². The summed E-state index contributed by atoms with van der Waals surface area (Å²) in [6.07, 6.45) is -0.253. The number of carboxylic acids is 2. The van der Waals surface area contributed by atoms with E-state index in [9.17, 15) is 9.59 Å². The zero-order chi connectivity index (χ0) is 12.1. The number of aliphatic carboxylic acids is 1. The summed E-state index contributed by atoms with van der Waals surface area (Å²) in [4.78, 5) is 21.1. The molecule has 0 aliphatic rings. The first kappa shape index (κ1) is 11.8. The number of hydrogen-bond acceptors (Lipinski definition) is 2. The predicted molar refractivity (Wildman–Crippen MR) is 57.3 cm³/mol. The van der Waals surface area contributed by atoms with Crippen molar-refractivity contribution >= 4 is 11.9 Å². The van der Waals surface area contributed by atoms with Gasteiger partial charge in [-0.3, -0.25) is 4.79 Å². The number of hydrogen-bond donors (Lipinski definition) is 2. The summed E-state index contributed by atoms with van der Waals surface area (Å²) in [6.45, 7) is 1.65. The fraction of sp³-hybridized carbons (Fsp3) is 0.167. The molecule has 0 unspecified atom stereocenters. The van der Waals surface area contributed by atoms with E-state index in [0.717, 1.165) is 0 Å². The summed E-state index contributed by atoms with van der Waals surface area (Å²) in [5, 5.41) is 17.3. The Morgan fingerprint density at radius 2 is 2.00 bits per heavy atom. The van der Waals surface area contributed by atoms with Crippen molar-refractivity contribution < 1.29 is 19.8 Å². The Balaban J connectivity index is 3.05. The molecule has 0 saturated carbocycles. The van der Waals surface area contributed by atoms with E-state index < -0.39 is 11.9 Å². The van der Waals surface area contributed by atoms with E-state index in [1.165, 1.54) is 6.07 Å². The van der Waals surface area contributed by atoms with Gasteiger partial charge in [0.15, 0.2) is 0 Å². The predicted octanol–water partition coefficient (Wildman–Crippen LogP) is 1.52. The maximum Gasteiger partial charge on any atom is 0.335 e. The van der Waals surface area contributed by atoms with Crippen LogP contribution in [0.3, 0.4) is 0 Å². The number of benzene rings is 1. The third-order valence-electron chi connectivity index (χ3n) is 2.03. The van der Waals surface area contributed by atoms with Gasteiger partial charge in [0, 0.05) is 5.56 Å². The summed E-state index contributed by atoms with van der Waals surface area (Å²) in [5.74, 6) is 3.10. The smallest absolute Gasteiger partial charge is 0.335 e. The molecule has 4 heteroatoms. The largest absolute Gasteiger partial charge is 0.481 e. The molecule has 0 amide bonds. The average Bonchev–Trinajstić information content (AvgIpc) is 2.19. The molecule has 1 rings (SSSR count). The Kier molecular flexibility index (Phi) is 3.67. The number of carboxylic acid groups (broad SMARTS) is 2. The van der Waals surface area contributed by atoms with Crippen LogP contribution in [-0.4, -0.2) is 22.2 Å². The zero-order valence-electron chi connectivity index (χ0n) is 8.65. The second-order valence-electron chi connectivity index (χ2n) is 3.16. The van der Waals surface area contributed by atoms with E-state index in [-0.39, 0.29) is 12.0 Å². The molecule has 0 radical (unpaired) electrons. The van der Waals surface area contributed by atoms with Gasteiger partial charge in [0.2, 0.25) is 0 Å². The van der Waals surface area contributed by atoms with E-state index >= 15 is 0 Å². The topological polar surface area (TPSA) is 74.6 Å². The molecular formula is C12H10O4. The minimum absolute atomic E-state index is 0.183. The van der Waals surface area contributed by atoms with Crippen LogP contribution in [0.2, 0.25) is 0 Å². The number of carbonyl (C=O) groups is 2. The summed E-state index contributed by atoms with van der Waals surface area (Å²) >= 11 is 0. The summed E-state index contributed by atoms with van der Waals surface area (Å²) in [6, 6.07) is 4.73. The molecule has 0 aromatic heterocycles. The van der Waals surface area contributed by atoms with E-state index in [0.29, 0.717) is 11.1 Å². The Bertz CT molecular complexity index is 491. The van der Waals surface area contributed by atoms with E-state index in [2.05, 4.69) is 11.8 Å². The molecule has 0 atom stereocenters. The van der Waals surface area contributed by atoms with Crippen molar-refractivity contribution in [3.05, 3.63) is 34.9 Å². The van der Waals surface area contributed by atoms with Gasteiger partial charge < -0.3 is 10.2 Å². The lowest BCUT2D eigenvalue weighted by atomic mass is 10.0. The van der Waals surface area contributed by atoms with Crippen molar-refractivity contribution in [3.63, 3.8) is 0 Å². The fourth-order valence-corrected chi connectivity index (χ4v) is 1.22. The van der Waals surface area contributed by atoms with Crippen molar-refractivity contribution in [1.82, 2.24) is 0 Å². The van der Waals surface area contributed by atoms with E-state index in [4.69, 9.17) is 10.2 Å². The van der Waals surface area contributed by atoms with Crippen LogP contribution in [0.4, 0.5) is 0 Å². The lowest BCUT2D eigenvalue weighted by Gasteiger charge is -2.02. The zero-order valence-corrected chi connectivity index (χ0v) is 8.65. The summed E-state index contributed by atoms with van der Waals surface area (Å²) in [7, 11) is 0. The molecule has 0 bridgehead atoms. The minimum Gasteiger partial charge on any atom is -0.481 e. The second kappa shape index (κ2) is 4.99. The molecule has 0 aliphatic heterocycles. The van der Waals surface area contributed by atoms with Crippen molar-refractivity contribution in [3.8, 4) is 11.8 Å². The third-order valence-corrected chi connectivity index (χ3v) is 2.03. The molecule has 0 aliphatic carbocycles. The van der Waals surface area contributed by atoms with Gasteiger partial charge in [-0.25, -0.2) is 4.79 Å². The first-order valence-corrected chi connectivity index (χ1v) is 4.56. The summed E-state index contributed by atoms with van der Waals surface area (Å²) in [5.41, 5.74) is 1.27. The van der Waals surface area contributed by atoms with Gasteiger partial charge in [0.05, 0.1) is 5.56 Å². The lowest BCUT2D eigenvalue weighted by Crippen LogP contribution is -2.01. The Morgan fingerprint density at radius 1 is 1.31 bits per heavy atom. The van der Waals surface area contributed by atoms with Gasteiger partial charge in [-0.2, -0.15) is 0 Å². The molecule has 0 saturated heterocycles. The molecule has 0 heterocycles. The van der Waals surface area contributed by atoms with Crippen LogP contribution in [-0.2, 0) is 4.79 Å². The molecule has 0 fully saturated rings. The highest BCUT2D eigenvalue weighted by Crippen LogP contribution is 2.12. The average molecular weight is 218 g/mol. The van der Waals surface area contributed by atoms with Crippen molar-refractivity contribution in [2.75, 3.05) is 0 Å². The third kappa shape index (κ3) is 2.85. The Morgan fingerprint density at radius 3 is 2.56 bits per heavy atom. The van der Waals surface area contributed by atoms with Gasteiger partial charge in [0.25, 0.3) is 0 Å². The molecule has 4 nitrogen and oxygen atoms in total. The fourth-order valence-electron chi connectivity index (χ4n) is 1.22. The Hall–Kier alpha value is -2.28. The van der Waals surface area contributed by atoms with E-state index in [1.807, 2.05) is 0 Å². The Labute approximate surface area is 92.5 Å². The standard InChI is InChI=1S/C12H10O4/c1-8-9(5-3-7-11(13)14)4-2-6-10(8)12(15)16/h2,4,6H,7H2,1H3,(H,13,14)(H,15,16). The van der Waals surface area contributed by atoms with Crippen LogP contribution < -0.4 is 0 Å². The summed E-state index contributed by atoms with van der Waals surface area (Å²) < 4.78 is 0. The highest BCUT2D eigenvalue weighted by atomic mass is 16.4. The lowest BCUT2D eigenvalue weighted by molar-refractivity contribution is -0.135. The van der Waals surface area contributed by atoms with Crippen LogP contribution in [0.15, 0.2) is 18.2 Å². The van der Waals surface area contributed by atoms with Gasteiger partial charge >= 0.3 is 11.9 Å². The maximum absolute atomic E-state index is 10.8. The molecule has 1 aromatic carbocycles. The monoisotopic (exact) mass is 218 g/mol. The van der Waals surface area contributed by atoms with Crippen LogP contribution in [0.1, 0.15) is 27.9 Å². The van der Waals surface area contributed by atoms with Gasteiger partial charge in [-0.15, -0.1) is 0 Å². The van der Waals surface area contributed by atoms with Crippen molar-refractivity contribution in [1.29, 1.82) is 0 Å². The minimum atomic E-state index is -1.01. The van der Waals surface area contributed by atoms with Crippen LogP contribution >= 0.6 is 0 Å². The molecule has 2 N–H and O–H groups in total. The van der Waals surface area contributed by atoms with Gasteiger partial charge in [-0.05, 0) is 24.6 Å². The van der Waals surface area contributed by atoms with Crippen molar-refractivity contribution in [2.45, 2.75) is 13.3 Å². The normalized spacial score (nSPS) is 9.06. The molecule has 0 spiro atoms. The molecular weight excluding hydrogens is 208 g/mol. The first-order valence-electron chi connectivity index (χ1n) is 4.56.